The van der Waals surface area contributed by atoms with Gasteiger partial charge >= 0.3 is 5.97 Å². The molecule has 0 saturated carbocycles. The summed E-state index contributed by atoms with van der Waals surface area (Å²) in [7, 11) is 1.65. The Balaban J connectivity index is 1.41. The van der Waals surface area contributed by atoms with Gasteiger partial charge in [0.15, 0.2) is 5.13 Å². The number of methoxy groups -OCH3 is 1. The average molecular weight is 401 g/mol. The standard InChI is InChI=1S/C20H20N2O3S2/c1-3-26-16-9-5-4-7-14(16)19(23)25-13-11-22(12-13)20-21-18-15(24-2)8-6-10-17(18)27-20/h4-10,13H,3,11-12H2,1-2H3. The molecule has 4 rings (SSSR count). The van der Waals surface area contributed by atoms with E-state index in [9.17, 15) is 4.79 Å². The molecule has 0 bridgehead atoms. The molecule has 1 saturated heterocycles. The molecule has 27 heavy (non-hydrogen) atoms. The summed E-state index contributed by atoms with van der Waals surface area (Å²) in [4.78, 5) is 20.3. The first-order valence-corrected chi connectivity index (χ1v) is 10.6. The molecule has 0 radical (unpaired) electrons. The zero-order valence-electron chi connectivity index (χ0n) is 15.2. The number of benzene rings is 2. The van der Waals surface area contributed by atoms with Gasteiger partial charge in [0.25, 0.3) is 0 Å². The molecule has 1 aromatic heterocycles. The lowest BCUT2D eigenvalue weighted by atomic mass is 10.2. The highest BCUT2D eigenvalue weighted by molar-refractivity contribution is 7.99. The summed E-state index contributed by atoms with van der Waals surface area (Å²) in [5.41, 5.74) is 1.53. The van der Waals surface area contributed by atoms with Crippen LogP contribution in [0.3, 0.4) is 0 Å². The predicted molar refractivity (Wildman–Crippen MR) is 110 cm³/mol. The quantitative estimate of drug-likeness (QED) is 0.450. The number of thiazole rings is 1. The lowest BCUT2D eigenvalue weighted by Crippen LogP contribution is -2.53. The maximum Gasteiger partial charge on any atom is 0.339 e. The molecule has 140 valence electrons. The van der Waals surface area contributed by atoms with E-state index in [1.807, 2.05) is 42.5 Å². The molecule has 0 N–H and O–H groups in total. The molecule has 0 unspecified atom stereocenters. The van der Waals surface area contributed by atoms with Crippen molar-refractivity contribution in [1.82, 2.24) is 4.98 Å². The van der Waals surface area contributed by atoms with Crippen molar-refractivity contribution in [2.45, 2.75) is 17.9 Å². The molecule has 5 nitrogen and oxygen atoms in total. The number of nitrogens with zero attached hydrogens (tertiary/aromatic N) is 2. The van der Waals surface area contributed by atoms with E-state index in [0.29, 0.717) is 18.7 Å². The lowest BCUT2D eigenvalue weighted by Gasteiger charge is -2.38. The van der Waals surface area contributed by atoms with Crippen LogP contribution in [0.4, 0.5) is 5.13 Å². The molecule has 7 heteroatoms. The normalized spacial score (nSPS) is 14.2. The van der Waals surface area contributed by atoms with Crippen LogP contribution in [0.2, 0.25) is 0 Å². The number of hydrogen-bond acceptors (Lipinski definition) is 7. The summed E-state index contributed by atoms with van der Waals surface area (Å²) in [5, 5.41) is 0.934. The van der Waals surface area contributed by atoms with Crippen molar-refractivity contribution in [2.24, 2.45) is 0 Å². The van der Waals surface area contributed by atoms with Crippen molar-refractivity contribution in [1.29, 1.82) is 0 Å². The summed E-state index contributed by atoms with van der Waals surface area (Å²) in [6.45, 7) is 3.40. The maximum absolute atomic E-state index is 12.5. The topological polar surface area (TPSA) is 51.7 Å². The molecule has 0 amide bonds. The minimum Gasteiger partial charge on any atom is -0.494 e. The second kappa shape index (κ2) is 7.78. The Labute approximate surface area is 166 Å². The van der Waals surface area contributed by atoms with Gasteiger partial charge in [-0.3, -0.25) is 0 Å². The molecule has 0 spiro atoms. The fraction of sp³-hybridized carbons (Fsp3) is 0.300. The van der Waals surface area contributed by atoms with Gasteiger partial charge in [0, 0.05) is 4.90 Å². The van der Waals surface area contributed by atoms with Crippen molar-refractivity contribution >= 4 is 44.4 Å². The summed E-state index contributed by atoms with van der Waals surface area (Å²) in [6, 6.07) is 13.5. The lowest BCUT2D eigenvalue weighted by molar-refractivity contribution is 0.0230. The molecule has 0 aliphatic carbocycles. The summed E-state index contributed by atoms with van der Waals surface area (Å²) < 4.78 is 12.2. The Hall–Kier alpha value is -2.25. The third-order valence-electron chi connectivity index (χ3n) is 4.39. The van der Waals surface area contributed by atoms with Gasteiger partial charge in [-0.05, 0) is 30.0 Å². The summed E-state index contributed by atoms with van der Waals surface area (Å²) >= 11 is 3.28. The smallest absolute Gasteiger partial charge is 0.339 e. The number of esters is 1. The number of hydrogen-bond donors (Lipinski definition) is 0. The summed E-state index contributed by atoms with van der Waals surface area (Å²) in [5.74, 6) is 1.45. The number of rotatable bonds is 6. The SMILES string of the molecule is CCSc1ccccc1C(=O)OC1CN(c2nc3c(OC)cccc3s2)C1. The van der Waals surface area contributed by atoms with Crippen molar-refractivity contribution in [2.75, 3.05) is 30.9 Å². The number of para-hydroxylation sites is 1. The first-order valence-electron chi connectivity index (χ1n) is 8.81. The second-order valence-corrected chi connectivity index (χ2v) is 8.48. The van der Waals surface area contributed by atoms with E-state index >= 15 is 0 Å². The fourth-order valence-electron chi connectivity index (χ4n) is 3.01. The first-order chi connectivity index (χ1) is 13.2. The number of thioether (sulfide) groups is 1. The predicted octanol–water partition coefficient (Wildman–Crippen LogP) is 4.46. The molecule has 2 heterocycles. The highest BCUT2D eigenvalue weighted by atomic mass is 32.2. The van der Waals surface area contributed by atoms with E-state index in [2.05, 4.69) is 11.8 Å². The number of fused-ring (bicyclic) bond motifs is 1. The molecule has 2 aromatic carbocycles. The Bertz CT molecular complexity index is 967. The molecule has 1 fully saturated rings. The first kappa shape index (κ1) is 18.1. The zero-order valence-corrected chi connectivity index (χ0v) is 16.8. The van der Waals surface area contributed by atoms with E-state index in [1.165, 1.54) is 0 Å². The Morgan fingerprint density at radius 1 is 1.26 bits per heavy atom. The molecule has 0 atom stereocenters. The van der Waals surface area contributed by atoms with Gasteiger partial charge in [-0.1, -0.05) is 36.5 Å². The van der Waals surface area contributed by atoms with Gasteiger partial charge in [-0.2, -0.15) is 0 Å². The molecular weight excluding hydrogens is 380 g/mol. The second-order valence-electron chi connectivity index (χ2n) is 6.16. The number of carbonyl (C=O) groups is 1. The van der Waals surface area contributed by atoms with Crippen LogP contribution >= 0.6 is 23.1 Å². The minimum atomic E-state index is -0.248. The van der Waals surface area contributed by atoms with Crippen molar-refractivity contribution in [3.05, 3.63) is 48.0 Å². The van der Waals surface area contributed by atoms with Gasteiger partial charge in [0.1, 0.15) is 17.4 Å². The fourth-order valence-corrected chi connectivity index (χ4v) is 4.81. The van der Waals surface area contributed by atoms with E-state index in [4.69, 9.17) is 14.5 Å². The number of ether oxygens (including phenoxy) is 2. The maximum atomic E-state index is 12.5. The molecular formula is C20H20N2O3S2. The van der Waals surface area contributed by atoms with Crippen LogP contribution in [-0.4, -0.2) is 43.0 Å². The molecule has 1 aliphatic rings. The van der Waals surface area contributed by atoms with Crippen LogP contribution in [-0.2, 0) is 4.74 Å². The van der Waals surface area contributed by atoms with E-state index < -0.39 is 0 Å². The summed E-state index contributed by atoms with van der Waals surface area (Å²) in [6.07, 6.45) is -0.105. The van der Waals surface area contributed by atoms with Gasteiger partial charge in [-0.15, -0.1) is 11.8 Å². The van der Waals surface area contributed by atoms with Gasteiger partial charge in [0.2, 0.25) is 0 Å². The van der Waals surface area contributed by atoms with Crippen LogP contribution in [0, 0.1) is 0 Å². The van der Waals surface area contributed by atoms with Gasteiger partial charge < -0.3 is 14.4 Å². The van der Waals surface area contributed by atoms with Crippen molar-refractivity contribution in [3.63, 3.8) is 0 Å². The highest BCUT2D eigenvalue weighted by Crippen LogP contribution is 2.36. The highest BCUT2D eigenvalue weighted by Gasteiger charge is 2.33. The monoisotopic (exact) mass is 400 g/mol. The van der Waals surface area contributed by atoms with Crippen molar-refractivity contribution in [3.8, 4) is 5.75 Å². The van der Waals surface area contributed by atoms with Crippen LogP contribution in [0.5, 0.6) is 5.75 Å². The van der Waals surface area contributed by atoms with E-state index in [0.717, 1.165) is 31.7 Å². The van der Waals surface area contributed by atoms with Crippen molar-refractivity contribution < 1.29 is 14.3 Å². The molecule has 1 aliphatic heterocycles. The molecule has 3 aromatic rings. The third-order valence-corrected chi connectivity index (χ3v) is 6.43. The average Bonchev–Trinajstić information content (AvgIpc) is 3.08. The zero-order chi connectivity index (χ0) is 18.8. The van der Waals surface area contributed by atoms with Gasteiger partial charge in [-0.25, -0.2) is 9.78 Å². The number of carbonyl (C=O) groups excluding carboxylic acids is 1. The number of anilines is 1. The minimum absolute atomic E-state index is 0.105. The van der Waals surface area contributed by atoms with Gasteiger partial charge in [0.05, 0.1) is 30.5 Å². The Kier molecular flexibility index (Phi) is 5.22. The van der Waals surface area contributed by atoms with Crippen LogP contribution in [0.15, 0.2) is 47.4 Å². The third kappa shape index (κ3) is 3.61. The van der Waals surface area contributed by atoms with Crippen LogP contribution < -0.4 is 9.64 Å². The Morgan fingerprint density at radius 2 is 2.07 bits per heavy atom. The van der Waals surface area contributed by atoms with Crippen LogP contribution in [0.25, 0.3) is 10.2 Å². The Morgan fingerprint density at radius 3 is 2.85 bits per heavy atom. The largest absolute Gasteiger partial charge is 0.494 e. The van der Waals surface area contributed by atoms with E-state index in [1.54, 1.807) is 30.2 Å². The van der Waals surface area contributed by atoms with Crippen LogP contribution in [0.1, 0.15) is 17.3 Å². The number of aromatic nitrogens is 1. The van der Waals surface area contributed by atoms with E-state index in [-0.39, 0.29) is 12.1 Å².